The van der Waals surface area contributed by atoms with Crippen LogP contribution in [0.25, 0.3) is 0 Å². The van der Waals surface area contributed by atoms with Crippen molar-refractivity contribution in [1.82, 2.24) is 0 Å². The van der Waals surface area contributed by atoms with Gasteiger partial charge in [0.05, 0.1) is 22.1 Å². The molecule has 1 aliphatic carbocycles. The third-order valence-electron chi connectivity index (χ3n) is 2.92. The largest absolute Gasteiger partial charge is 0.506 e. The number of nitrogens with zero attached hydrogens (tertiary/aromatic N) is 1. The van der Waals surface area contributed by atoms with Gasteiger partial charge in [-0.05, 0) is 43.7 Å². The Morgan fingerprint density at radius 3 is 2.63 bits per heavy atom. The predicted molar refractivity (Wildman–Crippen MR) is 75.9 cm³/mol. The van der Waals surface area contributed by atoms with Gasteiger partial charge in [0, 0.05) is 5.57 Å². The molecule has 19 heavy (non-hydrogen) atoms. The quantitative estimate of drug-likeness (QED) is 0.775. The Bertz CT molecular complexity index is 657. The molecular formula is C14H13ClN2O2. The molecule has 0 aromatic heterocycles. The highest BCUT2D eigenvalue weighted by molar-refractivity contribution is 6.32. The molecule has 0 aliphatic heterocycles. The van der Waals surface area contributed by atoms with E-state index in [-0.39, 0.29) is 22.3 Å². The Hall–Kier alpha value is -2.07. The lowest BCUT2D eigenvalue weighted by Gasteiger charge is -2.15. The number of allylic oxidation sites excluding steroid dienone is 3. The number of phenols is 1. The number of halogens is 1. The standard InChI is InChI=1S/C14H13ClN2O2/c1-7-5-12(19)13(16)8(2)14(7)17-9-3-4-11(18)10(15)6-9/h3-6,18H,16H2,1-2H3. The van der Waals surface area contributed by atoms with E-state index in [0.717, 1.165) is 5.57 Å². The summed E-state index contributed by atoms with van der Waals surface area (Å²) >= 11 is 5.83. The van der Waals surface area contributed by atoms with E-state index in [9.17, 15) is 9.90 Å². The van der Waals surface area contributed by atoms with Gasteiger partial charge in [-0.25, -0.2) is 4.99 Å². The molecule has 98 valence electrons. The van der Waals surface area contributed by atoms with Gasteiger partial charge in [-0.1, -0.05) is 11.6 Å². The molecule has 0 fully saturated rings. The summed E-state index contributed by atoms with van der Waals surface area (Å²) in [5.74, 6) is -0.193. The number of hydrogen-bond donors (Lipinski definition) is 2. The molecule has 0 heterocycles. The van der Waals surface area contributed by atoms with Crippen LogP contribution in [0.15, 0.2) is 46.1 Å². The number of nitrogens with two attached hydrogens (primary N) is 1. The number of aliphatic imine (C=N–C) groups is 1. The van der Waals surface area contributed by atoms with E-state index in [2.05, 4.69) is 4.99 Å². The van der Waals surface area contributed by atoms with Gasteiger partial charge in [0.2, 0.25) is 5.78 Å². The van der Waals surface area contributed by atoms with E-state index in [4.69, 9.17) is 17.3 Å². The minimum Gasteiger partial charge on any atom is -0.506 e. The van der Waals surface area contributed by atoms with Gasteiger partial charge >= 0.3 is 0 Å². The molecule has 1 aromatic carbocycles. The predicted octanol–water partition coefficient (Wildman–Crippen LogP) is 2.88. The van der Waals surface area contributed by atoms with Crippen molar-refractivity contribution in [2.45, 2.75) is 13.8 Å². The molecule has 5 heteroatoms. The third kappa shape index (κ3) is 2.53. The Morgan fingerprint density at radius 1 is 1.32 bits per heavy atom. The summed E-state index contributed by atoms with van der Waals surface area (Å²) in [5, 5.41) is 9.59. The summed E-state index contributed by atoms with van der Waals surface area (Å²) in [4.78, 5) is 16.0. The molecule has 4 nitrogen and oxygen atoms in total. The average Bonchev–Trinajstić information content (AvgIpc) is 2.36. The highest BCUT2D eigenvalue weighted by atomic mass is 35.5. The minimum atomic E-state index is -0.197. The van der Waals surface area contributed by atoms with Crippen LogP contribution < -0.4 is 5.73 Å². The maximum atomic E-state index is 11.5. The first-order valence-electron chi connectivity index (χ1n) is 5.67. The molecule has 0 radical (unpaired) electrons. The Labute approximate surface area is 115 Å². The summed E-state index contributed by atoms with van der Waals surface area (Å²) in [6.07, 6.45) is 1.46. The highest BCUT2D eigenvalue weighted by Gasteiger charge is 2.19. The van der Waals surface area contributed by atoms with Crippen molar-refractivity contribution in [2.75, 3.05) is 0 Å². The fourth-order valence-electron chi connectivity index (χ4n) is 1.82. The van der Waals surface area contributed by atoms with Gasteiger partial charge < -0.3 is 10.8 Å². The van der Waals surface area contributed by atoms with E-state index in [1.54, 1.807) is 26.0 Å². The Morgan fingerprint density at radius 2 is 2.00 bits per heavy atom. The van der Waals surface area contributed by atoms with Crippen molar-refractivity contribution >= 4 is 28.8 Å². The van der Waals surface area contributed by atoms with Crippen LogP contribution in [-0.4, -0.2) is 16.6 Å². The molecule has 0 bridgehead atoms. The average molecular weight is 277 g/mol. The normalized spacial score (nSPS) is 17.9. The van der Waals surface area contributed by atoms with Gasteiger partial charge in [0.25, 0.3) is 0 Å². The number of aromatic hydroxyl groups is 1. The van der Waals surface area contributed by atoms with Crippen molar-refractivity contribution < 1.29 is 9.90 Å². The molecule has 0 saturated heterocycles. The summed E-state index contributed by atoms with van der Waals surface area (Å²) in [6.45, 7) is 3.55. The first-order valence-corrected chi connectivity index (χ1v) is 6.05. The van der Waals surface area contributed by atoms with E-state index in [1.807, 2.05) is 0 Å². The zero-order valence-corrected chi connectivity index (χ0v) is 11.3. The number of hydrogen-bond acceptors (Lipinski definition) is 4. The second-order valence-corrected chi connectivity index (χ2v) is 4.73. The fraction of sp³-hybridized carbons (Fsp3) is 0.143. The lowest BCUT2D eigenvalue weighted by molar-refractivity contribution is -0.111. The number of carbonyl (C=O) groups excluding carboxylic acids is 1. The maximum absolute atomic E-state index is 11.5. The van der Waals surface area contributed by atoms with Gasteiger partial charge in [-0.2, -0.15) is 0 Å². The summed E-state index contributed by atoms with van der Waals surface area (Å²) in [6, 6.07) is 4.66. The van der Waals surface area contributed by atoms with E-state index in [1.165, 1.54) is 12.1 Å². The van der Waals surface area contributed by atoms with Crippen LogP contribution in [0.1, 0.15) is 13.8 Å². The topological polar surface area (TPSA) is 75.7 Å². The van der Waals surface area contributed by atoms with Crippen LogP contribution in [0.4, 0.5) is 5.69 Å². The molecule has 0 atom stereocenters. The number of carbonyl (C=O) groups is 1. The van der Waals surface area contributed by atoms with Gasteiger partial charge in [-0.3, -0.25) is 4.79 Å². The summed E-state index contributed by atoms with van der Waals surface area (Å²) in [5.41, 5.74) is 8.56. The smallest absolute Gasteiger partial charge is 0.202 e. The lowest BCUT2D eigenvalue weighted by atomic mass is 9.94. The van der Waals surface area contributed by atoms with Crippen molar-refractivity contribution in [3.8, 4) is 5.75 Å². The molecule has 0 amide bonds. The van der Waals surface area contributed by atoms with Crippen LogP contribution in [0.5, 0.6) is 5.75 Å². The van der Waals surface area contributed by atoms with E-state index >= 15 is 0 Å². The molecule has 1 aliphatic rings. The van der Waals surface area contributed by atoms with Crippen LogP contribution in [0.3, 0.4) is 0 Å². The van der Waals surface area contributed by atoms with E-state index < -0.39 is 0 Å². The molecule has 1 aromatic rings. The summed E-state index contributed by atoms with van der Waals surface area (Å²) < 4.78 is 0. The van der Waals surface area contributed by atoms with Crippen LogP contribution in [0.2, 0.25) is 5.02 Å². The second kappa shape index (κ2) is 4.90. The number of phenolic OH excluding ortho intramolecular Hbond substituents is 1. The van der Waals surface area contributed by atoms with Crippen molar-refractivity contribution in [3.05, 3.63) is 46.1 Å². The van der Waals surface area contributed by atoms with Crippen molar-refractivity contribution in [1.29, 1.82) is 0 Å². The summed E-state index contributed by atoms with van der Waals surface area (Å²) in [7, 11) is 0. The third-order valence-corrected chi connectivity index (χ3v) is 3.22. The number of benzene rings is 1. The molecule has 0 unspecified atom stereocenters. The Balaban J connectivity index is 2.50. The number of rotatable bonds is 1. The highest BCUT2D eigenvalue weighted by Crippen LogP contribution is 2.29. The molecule has 0 spiro atoms. The first kappa shape index (κ1) is 13.4. The monoisotopic (exact) mass is 276 g/mol. The van der Waals surface area contributed by atoms with Gasteiger partial charge in [0.15, 0.2) is 0 Å². The van der Waals surface area contributed by atoms with Crippen LogP contribution >= 0.6 is 11.6 Å². The first-order chi connectivity index (χ1) is 8.90. The van der Waals surface area contributed by atoms with E-state index in [0.29, 0.717) is 17.0 Å². The van der Waals surface area contributed by atoms with Crippen molar-refractivity contribution in [2.24, 2.45) is 10.7 Å². The zero-order chi connectivity index (χ0) is 14.2. The molecule has 3 N–H and O–H groups in total. The molecule has 0 saturated carbocycles. The Kier molecular flexibility index (Phi) is 3.44. The fourth-order valence-corrected chi connectivity index (χ4v) is 1.99. The minimum absolute atomic E-state index is 0.00322. The SMILES string of the molecule is CC1=CC(=O)C(N)=C(C)C1=Nc1ccc(O)c(Cl)c1. The van der Waals surface area contributed by atoms with Gasteiger partial charge in [0.1, 0.15) is 5.75 Å². The molecular weight excluding hydrogens is 264 g/mol. The van der Waals surface area contributed by atoms with Crippen molar-refractivity contribution in [3.63, 3.8) is 0 Å². The molecule has 2 rings (SSSR count). The second-order valence-electron chi connectivity index (χ2n) is 4.33. The van der Waals surface area contributed by atoms with Crippen LogP contribution in [0, 0.1) is 0 Å². The maximum Gasteiger partial charge on any atom is 0.202 e. The van der Waals surface area contributed by atoms with Crippen LogP contribution in [-0.2, 0) is 4.79 Å². The van der Waals surface area contributed by atoms with Gasteiger partial charge in [-0.15, -0.1) is 0 Å². The zero-order valence-electron chi connectivity index (χ0n) is 10.6. The number of ketones is 1. The lowest BCUT2D eigenvalue weighted by Crippen LogP contribution is -2.21.